The quantitative estimate of drug-likeness (QED) is 0.560. The number of nitrogens with zero attached hydrogens (tertiary/aromatic N) is 1. The van der Waals surface area contributed by atoms with E-state index in [0.29, 0.717) is 16.5 Å². The molecule has 22 heavy (non-hydrogen) atoms. The van der Waals surface area contributed by atoms with Crippen LogP contribution in [-0.4, -0.2) is 9.94 Å². The molecule has 0 aliphatic heterocycles. The first kappa shape index (κ1) is 16.6. The molecule has 0 saturated heterocycles. The lowest BCUT2D eigenvalue weighted by atomic mass is 10.0. The number of fused-ring (bicyclic) bond motifs is 1. The van der Waals surface area contributed by atoms with Crippen molar-refractivity contribution in [2.75, 3.05) is 0 Å². The Kier molecular flexibility index (Phi) is 6.05. The number of hydrogen-bond acceptors (Lipinski definition) is 2. The van der Waals surface area contributed by atoms with Crippen LogP contribution in [0.25, 0.3) is 10.9 Å². The summed E-state index contributed by atoms with van der Waals surface area (Å²) in [7, 11) is 0. The van der Waals surface area contributed by atoms with E-state index in [9.17, 15) is 10.0 Å². The second-order valence-electron chi connectivity index (χ2n) is 6.10. The largest absolute Gasteiger partial charge is 0.428 e. The topological polar surface area (TPSA) is 42.2 Å². The zero-order valence-electron chi connectivity index (χ0n) is 13.8. The van der Waals surface area contributed by atoms with Gasteiger partial charge in [0, 0.05) is 10.9 Å². The van der Waals surface area contributed by atoms with Crippen molar-refractivity contribution in [1.82, 2.24) is 4.73 Å². The summed E-state index contributed by atoms with van der Waals surface area (Å²) < 4.78 is 1.21. The summed E-state index contributed by atoms with van der Waals surface area (Å²) in [5.74, 6) is 0. The van der Waals surface area contributed by atoms with E-state index in [4.69, 9.17) is 0 Å². The molecule has 1 aromatic heterocycles. The van der Waals surface area contributed by atoms with Crippen molar-refractivity contribution in [3.63, 3.8) is 0 Å². The summed E-state index contributed by atoms with van der Waals surface area (Å²) >= 11 is 0. The third-order valence-corrected chi connectivity index (χ3v) is 4.42. The van der Waals surface area contributed by atoms with Crippen molar-refractivity contribution < 1.29 is 5.21 Å². The fourth-order valence-corrected chi connectivity index (χ4v) is 3.03. The monoisotopic (exact) mass is 301 g/mol. The predicted octanol–water partition coefficient (Wildman–Crippen LogP) is 4.84. The van der Waals surface area contributed by atoms with Gasteiger partial charge < -0.3 is 5.21 Å². The van der Waals surface area contributed by atoms with Gasteiger partial charge >= 0.3 is 0 Å². The van der Waals surface area contributed by atoms with E-state index in [-0.39, 0.29) is 5.43 Å². The van der Waals surface area contributed by atoms with Crippen LogP contribution in [0.2, 0.25) is 0 Å². The molecule has 0 radical (unpaired) electrons. The van der Waals surface area contributed by atoms with Crippen LogP contribution >= 0.6 is 0 Å². The first-order valence-corrected chi connectivity index (χ1v) is 8.49. The number of para-hydroxylation sites is 1. The lowest BCUT2D eigenvalue weighted by Gasteiger charge is -2.13. The van der Waals surface area contributed by atoms with Gasteiger partial charge in [0.1, 0.15) is 0 Å². The Morgan fingerprint density at radius 2 is 1.64 bits per heavy atom. The van der Waals surface area contributed by atoms with Gasteiger partial charge in [0.2, 0.25) is 0 Å². The molecular weight excluding hydrogens is 274 g/mol. The van der Waals surface area contributed by atoms with Gasteiger partial charge in [-0.1, -0.05) is 57.6 Å². The molecule has 0 aliphatic rings. The average Bonchev–Trinajstić information content (AvgIpc) is 2.54. The predicted molar refractivity (Wildman–Crippen MR) is 91.8 cm³/mol. The number of unbranched alkanes of at least 4 members (excludes halogenated alkanes) is 6. The maximum Gasteiger partial charge on any atom is 0.192 e. The molecule has 3 heteroatoms. The Morgan fingerprint density at radius 1 is 1.00 bits per heavy atom. The van der Waals surface area contributed by atoms with E-state index in [0.717, 1.165) is 25.0 Å². The molecule has 2 aromatic rings. The molecule has 1 heterocycles. The minimum atomic E-state index is 0.0406. The molecule has 0 amide bonds. The van der Waals surface area contributed by atoms with Gasteiger partial charge in [-0.05, 0) is 31.9 Å². The molecule has 2 rings (SSSR count). The van der Waals surface area contributed by atoms with Gasteiger partial charge in [0.05, 0.1) is 11.2 Å². The van der Waals surface area contributed by atoms with E-state index in [1.807, 2.05) is 19.1 Å². The molecule has 120 valence electrons. The Balaban J connectivity index is 2.04. The molecule has 0 saturated carbocycles. The molecule has 0 atom stereocenters. The van der Waals surface area contributed by atoms with E-state index in [1.165, 1.54) is 36.8 Å². The fourth-order valence-electron chi connectivity index (χ4n) is 3.03. The van der Waals surface area contributed by atoms with E-state index >= 15 is 0 Å². The molecule has 0 aliphatic carbocycles. The second-order valence-corrected chi connectivity index (χ2v) is 6.10. The van der Waals surface area contributed by atoms with E-state index < -0.39 is 0 Å². The normalized spacial score (nSPS) is 11.2. The first-order valence-electron chi connectivity index (χ1n) is 8.49. The summed E-state index contributed by atoms with van der Waals surface area (Å²) in [6.07, 6.45) is 9.37. The first-order chi connectivity index (χ1) is 10.7. The van der Waals surface area contributed by atoms with Gasteiger partial charge in [-0.3, -0.25) is 4.79 Å². The molecule has 0 unspecified atom stereocenters. The zero-order valence-corrected chi connectivity index (χ0v) is 13.8. The van der Waals surface area contributed by atoms with Crippen molar-refractivity contribution in [1.29, 1.82) is 0 Å². The lowest BCUT2D eigenvalue weighted by Crippen LogP contribution is -2.17. The summed E-state index contributed by atoms with van der Waals surface area (Å²) in [6, 6.07) is 7.25. The van der Waals surface area contributed by atoms with Crippen LogP contribution in [0, 0.1) is 6.92 Å². The van der Waals surface area contributed by atoms with Gasteiger partial charge in [0.15, 0.2) is 5.43 Å². The minimum absolute atomic E-state index is 0.0406. The third-order valence-electron chi connectivity index (χ3n) is 4.42. The van der Waals surface area contributed by atoms with Crippen LogP contribution < -0.4 is 5.43 Å². The van der Waals surface area contributed by atoms with E-state index in [2.05, 4.69) is 6.92 Å². The van der Waals surface area contributed by atoms with Crippen molar-refractivity contribution in [2.45, 2.75) is 65.2 Å². The second kappa shape index (κ2) is 8.02. The Bertz CT molecular complexity index is 673. The molecule has 0 spiro atoms. The van der Waals surface area contributed by atoms with Crippen LogP contribution in [0.3, 0.4) is 0 Å². The molecule has 1 N–H and O–H groups in total. The van der Waals surface area contributed by atoms with Crippen LogP contribution in [0.5, 0.6) is 0 Å². The maximum atomic E-state index is 12.4. The fraction of sp³-hybridized carbons (Fsp3) is 0.526. The van der Waals surface area contributed by atoms with Gasteiger partial charge in [-0.2, -0.15) is 4.73 Å². The lowest BCUT2D eigenvalue weighted by molar-refractivity contribution is 0.187. The van der Waals surface area contributed by atoms with Crippen molar-refractivity contribution in [2.24, 2.45) is 0 Å². The number of benzene rings is 1. The third kappa shape index (κ3) is 3.70. The van der Waals surface area contributed by atoms with E-state index in [1.54, 1.807) is 12.1 Å². The van der Waals surface area contributed by atoms with Gasteiger partial charge in [-0.25, -0.2) is 0 Å². The number of hydrogen-bond donors (Lipinski definition) is 1. The summed E-state index contributed by atoms with van der Waals surface area (Å²) in [4.78, 5) is 12.4. The number of pyridine rings is 1. The molecule has 3 nitrogen and oxygen atoms in total. The smallest absolute Gasteiger partial charge is 0.192 e. The number of rotatable bonds is 8. The van der Waals surface area contributed by atoms with Crippen molar-refractivity contribution >= 4 is 10.9 Å². The molecule has 0 bridgehead atoms. The maximum absolute atomic E-state index is 12.4. The van der Waals surface area contributed by atoms with Gasteiger partial charge in [0.25, 0.3) is 0 Å². The Labute approximate surface area is 132 Å². The Hall–Kier alpha value is -1.77. The molecule has 1 aromatic carbocycles. The SMILES string of the molecule is CCCCCCCCCc1c(C)c(=O)c2ccccc2n1O. The van der Waals surface area contributed by atoms with Crippen molar-refractivity contribution in [3.8, 4) is 0 Å². The summed E-state index contributed by atoms with van der Waals surface area (Å²) in [5, 5.41) is 11.0. The zero-order chi connectivity index (χ0) is 15.9. The van der Waals surface area contributed by atoms with Crippen LogP contribution in [0.4, 0.5) is 0 Å². The standard InChI is InChI=1S/C19H27NO2/c1-3-4-5-6-7-8-9-13-17-15(2)19(21)16-12-10-11-14-18(16)20(17)22/h10-12,14,22H,3-9,13H2,1-2H3. The highest BCUT2D eigenvalue weighted by Gasteiger charge is 2.12. The van der Waals surface area contributed by atoms with Crippen LogP contribution in [-0.2, 0) is 6.42 Å². The average molecular weight is 301 g/mol. The summed E-state index contributed by atoms with van der Waals surface area (Å²) in [5.41, 5.74) is 2.08. The minimum Gasteiger partial charge on any atom is -0.428 e. The van der Waals surface area contributed by atoms with Gasteiger partial charge in [-0.15, -0.1) is 0 Å². The highest BCUT2D eigenvalue weighted by atomic mass is 16.5. The highest BCUT2D eigenvalue weighted by Crippen LogP contribution is 2.17. The molecular formula is C19H27NO2. The van der Waals surface area contributed by atoms with Crippen molar-refractivity contribution in [3.05, 3.63) is 45.7 Å². The molecule has 0 fully saturated rings. The Morgan fingerprint density at radius 3 is 2.36 bits per heavy atom. The van der Waals surface area contributed by atoms with Crippen LogP contribution in [0.15, 0.2) is 29.1 Å². The van der Waals surface area contributed by atoms with Crippen LogP contribution in [0.1, 0.15) is 63.1 Å². The summed E-state index contributed by atoms with van der Waals surface area (Å²) in [6.45, 7) is 4.04. The highest BCUT2D eigenvalue weighted by molar-refractivity contribution is 5.79. The number of aromatic nitrogens is 1.